The van der Waals surface area contributed by atoms with Gasteiger partial charge in [-0.05, 0) is 6.07 Å². The lowest BCUT2D eigenvalue weighted by atomic mass is 10.1. The van der Waals surface area contributed by atoms with E-state index in [-0.39, 0.29) is 12.0 Å². The van der Waals surface area contributed by atoms with Crippen LogP contribution >= 0.6 is 0 Å². The van der Waals surface area contributed by atoms with Gasteiger partial charge in [-0.15, -0.1) is 0 Å². The molecule has 1 aliphatic rings. The Morgan fingerprint density at radius 1 is 1.00 bits per heavy atom. The predicted molar refractivity (Wildman–Crippen MR) is 75.9 cm³/mol. The second-order valence-corrected chi connectivity index (χ2v) is 5.24. The molecule has 6 N–H and O–H groups in total. The fourth-order valence-corrected chi connectivity index (χ4v) is 2.34. The molecule has 1 aromatic heterocycles. The number of aromatic hydroxyl groups is 3. The smallest absolute Gasteiger partial charge is 0.336 e. The third kappa shape index (κ3) is 2.51. The minimum atomic E-state index is -1.69. The number of rotatable bonds is 2. The van der Waals surface area contributed by atoms with Crippen LogP contribution in [0.3, 0.4) is 0 Å². The molecule has 0 unspecified atom stereocenters. The molecule has 2 heterocycles. The molecule has 1 saturated heterocycles. The van der Waals surface area contributed by atoms with Crippen LogP contribution in [-0.4, -0.2) is 61.8 Å². The number of phenols is 3. The number of phenolic OH excluding ortho intramolecular Hbond substituents is 3. The molecule has 2 aromatic rings. The van der Waals surface area contributed by atoms with Gasteiger partial charge < -0.3 is 44.5 Å². The zero-order chi connectivity index (χ0) is 17.6. The summed E-state index contributed by atoms with van der Waals surface area (Å²) in [6.07, 6.45) is -6.13. The van der Waals surface area contributed by atoms with Crippen molar-refractivity contribution in [2.75, 3.05) is 6.61 Å². The number of ether oxygens (including phenoxy) is 2. The zero-order valence-electron chi connectivity index (χ0n) is 12.0. The van der Waals surface area contributed by atoms with Gasteiger partial charge in [-0.2, -0.15) is 0 Å². The first kappa shape index (κ1) is 16.3. The fraction of sp³-hybridized carbons (Fsp3) is 0.357. The third-order valence-electron chi connectivity index (χ3n) is 3.65. The maximum atomic E-state index is 11.4. The van der Waals surface area contributed by atoms with Crippen molar-refractivity contribution in [1.82, 2.24) is 0 Å². The lowest BCUT2D eigenvalue weighted by Crippen LogP contribution is -2.54. The molecule has 10 nitrogen and oxygen atoms in total. The minimum absolute atomic E-state index is 0.134. The lowest BCUT2D eigenvalue weighted by Gasteiger charge is -2.35. The van der Waals surface area contributed by atoms with Crippen LogP contribution in [0.4, 0.5) is 0 Å². The van der Waals surface area contributed by atoms with Crippen LogP contribution in [0.5, 0.6) is 23.0 Å². The van der Waals surface area contributed by atoms with Crippen LogP contribution in [0.2, 0.25) is 0 Å². The Labute approximate surface area is 133 Å². The molecule has 0 radical (unpaired) electrons. The summed E-state index contributed by atoms with van der Waals surface area (Å²) in [4.78, 5) is 11.4. The van der Waals surface area contributed by atoms with Crippen molar-refractivity contribution in [2.45, 2.75) is 24.6 Å². The van der Waals surface area contributed by atoms with E-state index in [0.29, 0.717) is 0 Å². The molecular weight excluding hydrogens is 328 g/mol. The topological polar surface area (TPSA) is 170 Å². The molecule has 1 aromatic carbocycles. The molecule has 4 atom stereocenters. The molecule has 3 rings (SSSR count). The van der Waals surface area contributed by atoms with E-state index in [1.54, 1.807) is 0 Å². The van der Waals surface area contributed by atoms with E-state index >= 15 is 0 Å². The predicted octanol–water partition coefficient (Wildman–Crippen LogP) is -1.27. The molecule has 130 valence electrons. The zero-order valence-corrected chi connectivity index (χ0v) is 12.0. The Morgan fingerprint density at radius 3 is 2.42 bits per heavy atom. The largest absolute Gasteiger partial charge is 0.504 e. The van der Waals surface area contributed by atoms with Crippen LogP contribution in [0.1, 0.15) is 0 Å². The number of fused-ring (bicyclic) bond motifs is 1. The molecule has 24 heavy (non-hydrogen) atoms. The van der Waals surface area contributed by atoms with Gasteiger partial charge in [-0.3, -0.25) is 0 Å². The van der Waals surface area contributed by atoms with Crippen molar-refractivity contribution < 1.29 is 44.5 Å². The van der Waals surface area contributed by atoms with Crippen LogP contribution < -0.4 is 10.4 Å². The van der Waals surface area contributed by atoms with Crippen molar-refractivity contribution in [3.63, 3.8) is 0 Å². The average molecular weight is 342 g/mol. The Balaban J connectivity index is 2.09. The van der Waals surface area contributed by atoms with Crippen molar-refractivity contribution in [2.24, 2.45) is 0 Å². The van der Waals surface area contributed by atoms with Gasteiger partial charge in [0.15, 0.2) is 11.3 Å². The first-order chi connectivity index (χ1) is 11.3. The van der Waals surface area contributed by atoms with Gasteiger partial charge in [-0.25, -0.2) is 4.79 Å². The van der Waals surface area contributed by atoms with Crippen molar-refractivity contribution in [1.29, 1.82) is 0 Å². The Bertz CT molecular complexity index is 828. The Morgan fingerprint density at radius 2 is 1.71 bits per heavy atom. The SMILES string of the molecule is O=c1ccc2c(O)c(O)c(O)c(O[C@@H]3OC[C@@H](O)[C@H](O)[C@H]3O)c2o1. The Kier molecular flexibility index (Phi) is 3.97. The standard InChI is InChI=1S/C14H14O10/c15-5-3-22-14(11(21)8(5)18)24-13-10(20)9(19)7(17)4-1-2-6(16)23-12(4)13/h1-2,5,8,11,14-15,17-21H,3H2/t5-,8+,11-,14+/m1/s1. The minimum Gasteiger partial charge on any atom is -0.504 e. The number of benzene rings is 1. The van der Waals surface area contributed by atoms with Gasteiger partial charge in [0.1, 0.15) is 18.3 Å². The van der Waals surface area contributed by atoms with Gasteiger partial charge in [0, 0.05) is 6.07 Å². The van der Waals surface area contributed by atoms with E-state index in [0.717, 1.165) is 12.1 Å². The highest BCUT2D eigenvalue weighted by atomic mass is 16.7. The van der Waals surface area contributed by atoms with Gasteiger partial charge in [0.2, 0.25) is 23.5 Å². The molecule has 0 amide bonds. The number of hydrogen-bond acceptors (Lipinski definition) is 10. The van der Waals surface area contributed by atoms with Crippen LogP contribution in [0, 0.1) is 0 Å². The first-order valence-electron chi connectivity index (χ1n) is 6.84. The summed E-state index contributed by atoms with van der Waals surface area (Å²) in [6, 6.07) is 2.12. The van der Waals surface area contributed by atoms with Crippen molar-refractivity contribution >= 4 is 11.0 Å². The highest BCUT2D eigenvalue weighted by Crippen LogP contribution is 2.49. The summed E-state index contributed by atoms with van der Waals surface area (Å²) in [5.74, 6) is -3.20. The molecular formula is C14H14O10. The quantitative estimate of drug-likeness (QED) is 0.285. The van der Waals surface area contributed by atoms with Gasteiger partial charge in [0.25, 0.3) is 0 Å². The van der Waals surface area contributed by atoms with Crippen LogP contribution in [-0.2, 0) is 4.74 Å². The normalized spacial score (nSPS) is 27.3. The summed E-state index contributed by atoms with van der Waals surface area (Å²) in [5, 5.41) is 58.3. The number of aliphatic hydroxyl groups excluding tert-OH is 3. The van der Waals surface area contributed by atoms with Crippen LogP contribution in [0.25, 0.3) is 11.0 Å². The monoisotopic (exact) mass is 342 g/mol. The first-order valence-corrected chi connectivity index (χ1v) is 6.84. The number of aliphatic hydroxyl groups is 3. The number of hydrogen-bond donors (Lipinski definition) is 6. The van der Waals surface area contributed by atoms with Gasteiger partial charge in [-0.1, -0.05) is 0 Å². The Hall–Kier alpha value is -2.53. The summed E-state index contributed by atoms with van der Waals surface area (Å²) in [7, 11) is 0. The fourth-order valence-electron chi connectivity index (χ4n) is 2.34. The van der Waals surface area contributed by atoms with E-state index in [9.17, 15) is 35.4 Å². The molecule has 0 spiro atoms. The average Bonchev–Trinajstić information content (AvgIpc) is 2.56. The second-order valence-electron chi connectivity index (χ2n) is 5.24. The van der Waals surface area contributed by atoms with E-state index < -0.39 is 58.8 Å². The van der Waals surface area contributed by atoms with Crippen LogP contribution in [0.15, 0.2) is 21.3 Å². The summed E-state index contributed by atoms with van der Waals surface area (Å²) < 4.78 is 15.1. The second kappa shape index (κ2) is 5.83. The molecule has 0 bridgehead atoms. The summed E-state index contributed by atoms with van der Waals surface area (Å²) >= 11 is 0. The highest BCUT2D eigenvalue weighted by Gasteiger charge is 2.40. The molecule has 0 saturated carbocycles. The maximum Gasteiger partial charge on any atom is 0.336 e. The molecule has 10 heteroatoms. The lowest BCUT2D eigenvalue weighted by molar-refractivity contribution is -0.242. The van der Waals surface area contributed by atoms with E-state index in [1.165, 1.54) is 0 Å². The van der Waals surface area contributed by atoms with Gasteiger partial charge >= 0.3 is 5.63 Å². The molecule has 1 aliphatic heterocycles. The maximum absolute atomic E-state index is 11.4. The molecule has 1 fully saturated rings. The third-order valence-corrected chi connectivity index (χ3v) is 3.65. The van der Waals surface area contributed by atoms with Crippen molar-refractivity contribution in [3.05, 3.63) is 22.6 Å². The van der Waals surface area contributed by atoms with E-state index in [4.69, 9.17) is 13.9 Å². The van der Waals surface area contributed by atoms with Crippen molar-refractivity contribution in [3.8, 4) is 23.0 Å². The van der Waals surface area contributed by atoms with Gasteiger partial charge in [0.05, 0.1) is 12.0 Å². The summed E-state index contributed by atoms with van der Waals surface area (Å²) in [6.45, 7) is -0.365. The molecule has 0 aliphatic carbocycles. The van der Waals surface area contributed by atoms with E-state index in [2.05, 4.69) is 0 Å². The van der Waals surface area contributed by atoms with E-state index in [1.807, 2.05) is 0 Å². The summed E-state index contributed by atoms with van der Waals surface area (Å²) in [5.41, 5.74) is -1.22. The highest BCUT2D eigenvalue weighted by molar-refractivity contribution is 5.93.